The van der Waals surface area contributed by atoms with Crippen LogP contribution in [0.4, 0.5) is 0 Å². The number of nitrogens with zero attached hydrogens (tertiary/aromatic N) is 2. The van der Waals surface area contributed by atoms with E-state index in [1.807, 2.05) is 0 Å². The summed E-state index contributed by atoms with van der Waals surface area (Å²) in [4.78, 5) is 36.4. The highest BCUT2D eigenvalue weighted by atomic mass is 16.2. The number of rotatable bonds is 5. The number of aromatic nitrogens is 2. The number of aryl methyl sites for hydroxylation is 1. The summed E-state index contributed by atoms with van der Waals surface area (Å²) in [6.45, 7) is 1.25. The molecule has 0 N–H and O–H groups in total. The molecular weight excluding hydrogens is 256 g/mol. The van der Waals surface area contributed by atoms with Crippen molar-refractivity contribution in [1.82, 2.24) is 9.78 Å². The fraction of sp³-hybridized carbons (Fsp3) is 0.200. The number of ketones is 3. The van der Waals surface area contributed by atoms with Gasteiger partial charge in [0.25, 0.3) is 0 Å². The van der Waals surface area contributed by atoms with E-state index in [-0.39, 0.29) is 5.56 Å². The molecule has 102 valence electrons. The average molecular weight is 270 g/mol. The van der Waals surface area contributed by atoms with E-state index in [1.54, 1.807) is 37.4 Å². The van der Waals surface area contributed by atoms with Crippen molar-refractivity contribution in [2.75, 3.05) is 0 Å². The summed E-state index contributed by atoms with van der Waals surface area (Å²) in [5, 5.41) is 3.88. The van der Waals surface area contributed by atoms with Gasteiger partial charge in [0.05, 0.1) is 11.8 Å². The summed E-state index contributed by atoms with van der Waals surface area (Å²) >= 11 is 0. The molecule has 0 bridgehead atoms. The number of Topliss-reactive ketones (excluding diaryl/α,β-unsaturated/α-hetero) is 3. The molecular formula is C15H14N2O3. The van der Waals surface area contributed by atoms with Gasteiger partial charge in [-0.05, 0) is 6.92 Å². The minimum absolute atomic E-state index is 0.261. The third kappa shape index (κ3) is 2.71. The maximum Gasteiger partial charge on any atom is 0.184 e. The summed E-state index contributed by atoms with van der Waals surface area (Å²) in [6.07, 6.45) is 2.85. The summed E-state index contributed by atoms with van der Waals surface area (Å²) in [7, 11) is 1.67. The molecule has 0 fully saturated rings. The molecule has 0 aliphatic carbocycles. The van der Waals surface area contributed by atoms with Crippen LogP contribution in [-0.2, 0) is 11.8 Å². The van der Waals surface area contributed by atoms with E-state index in [9.17, 15) is 14.4 Å². The minimum Gasteiger partial charge on any atom is -0.299 e. The molecule has 0 spiro atoms. The molecule has 0 saturated carbocycles. The van der Waals surface area contributed by atoms with E-state index in [2.05, 4.69) is 5.10 Å². The fourth-order valence-corrected chi connectivity index (χ4v) is 1.97. The van der Waals surface area contributed by atoms with Crippen LogP contribution in [0.25, 0.3) is 0 Å². The van der Waals surface area contributed by atoms with Crippen molar-refractivity contribution < 1.29 is 14.4 Å². The molecule has 5 heteroatoms. The Bertz CT molecular complexity index is 659. The summed E-state index contributed by atoms with van der Waals surface area (Å²) in [5.74, 6) is -2.76. The molecule has 0 radical (unpaired) electrons. The van der Waals surface area contributed by atoms with Crippen LogP contribution >= 0.6 is 0 Å². The monoisotopic (exact) mass is 270 g/mol. The first-order chi connectivity index (χ1) is 9.50. The highest BCUT2D eigenvalue weighted by Crippen LogP contribution is 2.16. The van der Waals surface area contributed by atoms with Crippen molar-refractivity contribution in [2.45, 2.75) is 6.92 Å². The van der Waals surface area contributed by atoms with E-state index in [1.165, 1.54) is 24.0 Å². The van der Waals surface area contributed by atoms with E-state index in [0.29, 0.717) is 5.56 Å². The van der Waals surface area contributed by atoms with Crippen LogP contribution < -0.4 is 0 Å². The highest BCUT2D eigenvalue weighted by molar-refractivity contribution is 6.27. The molecule has 1 atom stereocenters. The Labute approximate surface area is 116 Å². The van der Waals surface area contributed by atoms with Crippen LogP contribution in [0.2, 0.25) is 0 Å². The van der Waals surface area contributed by atoms with E-state index < -0.39 is 23.3 Å². The average Bonchev–Trinajstić information content (AvgIpc) is 2.86. The van der Waals surface area contributed by atoms with Crippen LogP contribution in [0, 0.1) is 5.92 Å². The smallest absolute Gasteiger partial charge is 0.184 e. The molecule has 0 amide bonds. The zero-order chi connectivity index (χ0) is 14.7. The van der Waals surface area contributed by atoms with Gasteiger partial charge >= 0.3 is 0 Å². The Morgan fingerprint density at radius 1 is 1.05 bits per heavy atom. The van der Waals surface area contributed by atoms with Crippen LogP contribution in [0.3, 0.4) is 0 Å². The predicted molar refractivity (Wildman–Crippen MR) is 72.5 cm³/mol. The van der Waals surface area contributed by atoms with Crippen LogP contribution in [-0.4, -0.2) is 27.1 Å². The zero-order valence-electron chi connectivity index (χ0n) is 11.2. The second kappa shape index (κ2) is 5.61. The number of carbonyl (C=O) groups is 3. The van der Waals surface area contributed by atoms with Crippen molar-refractivity contribution in [3.8, 4) is 0 Å². The maximum absolute atomic E-state index is 12.3. The van der Waals surface area contributed by atoms with Gasteiger partial charge in [-0.15, -0.1) is 0 Å². The minimum atomic E-state index is -1.30. The summed E-state index contributed by atoms with van der Waals surface area (Å²) in [6, 6.07) is 8.34. The SMILES string of the molecule is CC(=O)C(C(=O)c1ccccc1)C(=O)c1cnn(C)c1. The van der Waals surface area contributed by atoms with Gasteiger partial charge in [0.2, 0.25) is 0 Å². The summed E-state index contributed by atoms with van der Waals surface area (Å²) in [5.41, 5.74) is 0.613. The number of hydrogen-bond acceptors (Lipinski definition) is 4. The Balaban J connectivity index is 2.35. The largest absolute Gasteiger partial charge is 0.299 e. The normalized spacial score (nSPS) is 11.9. The third-order valence-corrected chi connectivity index (χ3v) is 2.98. The van der Waals surface area contributed by atoms with Crippen LogP contribution in [0.1, 0.15) is 27.6 Å². The lowest BCUT2D eigenvalue weighted by Crippen LogP contribution is -2.30. The Hall–Kier alpha value is -2.56. The molecule has 5 nitrogen and oxygen atoms in total. The van der Waals surface area contributed by atoms with Crippen molar-refractivity contribution in [3.63, 3.8) is 0 Å². The van der Waals surface area contributed by atoms with Gasteiger partial charge in [0.15, 0.2) is 11.6 Å². The molecule has 0 aliphatic rings. The molecule has 1 aromatic heterocycles. The lowest BCUT2D eigenvalue weighted by atomic mass is 9.88. The van der Waals surface area contributed by atoms with Gasteiger partial charge < -0.3 is 0 Å². The van der Waals surface area contributed by atoms with Crippen molar-refractivity contribution in [1.29, 1.82) is 0 Å². The standard InChI is InChI=1S/C15H14N2O3/c1-10(18)13(14(19)11-6-4-3-5-7-11)15(20)12-8-16-17(2)9-12/h3-9,13H,1-2H3. The second-order valence-corrected chi connectivity index (χ2v) is 4.54. The van der Waals surface area contributed by atoms with E-state index in [4.69, 9.17) is 0 Å². The first-order valence-electron chi connectivity index (χ1n) is 6.13. The van der Waals surface area contributed by atoms with Crippen molar-refractivity contribution >= 4 is 17.3 Å². The molecule has 0 saturated heterocycles. The first-order valence-corrected chi connectivity index (χ1v) is 6.13. The lowest BCUT2D eigenvalue weighted by Gasteiger charge is -2.10. The number of carbonyl (C=O) groups excluding carboxylic acids is 3. The topological polar surface area (TPSA) is 69.0 Å². The molecule has 1 unspecified atom stereocenters. The Morgan fingerprint density at radius 3 is 2.15 bits per heavy atom. The van der Waals surface area contributed by atoms with E-state index >= 15 is 0 Å². The lowest BCUT2D eigenvalue weighted by molar-refractivity contribution is -0.118. The van der Waals surface area contributed by atoms with Gasteiger partial charge in [-0.25, -0.2) is 0 Å². The molecule has 2 aromatic rings. The molecule has 20 heavy (non-hydrogen) atoms. The Morgan fingerprint density at radius 2 is 1.65 bits per heavy atom. The molecule has 2 rings (SSSR count). The molecule has 0 aliphatic heterocycles. The zero-order valence-corrected chi connectivity index (χ0v) is 11.2. The summed E-state index contributed by atoms with van der Waals surface area (Å²) < 4.78 is 1.46. The first kappa shape index (κ1) is 13.9. The van der Waals surface area contributed by atoms with Gasteiger partial charge in [-0.3, -0.25) is 19.1 Å². The van der Waals surface area contributed by atoms with Gasteiger partial charge in [0, 0.05) is 18.8 Å². The van der Waals surface area contributed by atoms with Crippen molar-refractivity contribution in [2.24, 2.45) is 13.0 Å². The van der Waals surface area contributed by atoms with Crippen LogP contribution in [0.15, 0.2) is 42.7 Å². The number of hydrogen-bond donors (Lipinski definition) is 0. The third-order valence-electron chi connectivity index (χ3n) is 2.98. The fourth-order valence-electron chi connectivity index (χ4n) is 1.97. The Kier molecular flexibility index (Phi) is 3.89. The second-order valence-electron chi connectivity index (χ2n) is 4.54. The van der Waals surface area contributed by atoms with Gasteiger partial charge in [0.1, 0.15) is 11.7 Å². The number of benzene rings is 1. The molecule has 1 heterocycles. The molecule has 1 aromatic carbocycles. The maximum atomic E-state index is 12.3. The quantitative estimate of drug-likeness (QED) is 0.612. The van der Waals surface area contributed by atoms with Crippen LogP contribution in [0.5, 0.6) is 0 Å². The van der Waals surface area contributed by atoms with E-state index in [0.717, 1.165) is 0 Å². The van der Waals surface area contributed by atoms with Gasteiger partial charge in [-0.1, -0.05) is 30.3 Å². The van der Waals surface area contributed by atoms with Gasteiger partial charge in [-0.2, -0.15) is 5.10 Å². The predicted octanol–water partition coefficient (Wildman–Crippen LogP) is 1.69. The van der Waals surface area contributed by atoms with Crippen molar-refractivity contribution in [3.05, 3.63) is 53.9 Å². The highest BCUT2D eigenvalue weighted by Gasteiger charge is 2.33.